The van der Waals surface area contributed by atoms with Crippen LogP contribution < -0.4 is 0 Å². The molecule has 0 aliphatic carbocycles. The van der Waals surface area contributed by atoms with Gasteiger partial charge in [0.2, 0.25) is 0 Å². The predicted molar refractivity (Wildman–Crippen MR) is 233 cm³/mol. The Morgan fingerprint density at radius 3 is 1.46 bits per heavy atom. The summed E-state index contributed by atoms with van der Waals surface area (Å²) < 4.78 is 33.4. The van der Waals surface area contributed by atoms with E-state index < -0.39 is 39.2 Å². The number of esters is 1. The first kappa shape index (κ1) is 54.7. The lowest BCUT2D eigenvalue weighted by Crippen LogP contribution is -2.29. The van der Waals surface area contributed by atoms with Gasteiger partial charge in [0.25, 0.3) is 0 Å². The van der Waals surface area contributed by atoms with Gasteiger partial charge < -0.3 is 24.6 Å². The highest BCUT2D eigenvalue weighted by molar-refractivity contribution is 7.47. The summed E-state index contributed by atoms with van der Waals surface area (Å²) in [6, 6.07) is 0. The van der Waals surface area contributed by atoms with Gasteiger partial charge in [0.1, 0.15) is 12.2 Å². The fourth-order valence-electron chi connectivity index (χ4n) is 6.26. The number of carbonyl (C=O) groups excluding carboxylic acids is 1. The van der Waals surface area contributed by atoms with Crippen molar-refractivity contribution in [2.75, 3.05) is 33.0 Å². The molecule has 0 rings (SSSR count). The standard InChI is InChI=1S/C46H87O9P/c1-3-5-7-9-11-13-15-17-19-21-22-23-25-27-29-31-33-35-37-39-52-42-45(43-54-56(50,51)53-41-44(48)40-47)55-46(49)38-36-34-32-30-28-26-24-20-18-16-14-12-10-8-6-4-2/h14,16,19-21,24,44-45,47-48H,3-13,15,17-18,22-23,25-43H2,1-2H3,(H,50,51)/b16-14-,21-19-,24-20-. The first-order valence-electron chi connectivity index (χ1n) is 23.0. The molecule has 9 nitrogen and oxygen atoms in total. The van der Waals surface area contributed by atoms with Crippen LogP contribution in [-0.2, 0) is 27.9 Å². The maximum Gasteiger partial charge on any atom is 0.472 e. The van der Waals surface area contributed by atoms with Crippen molar-refractivity contribution in [2.45, 2.75) is 219 Å². The van der Waals surface area contributed by atoms with Gasteiger partial charge in [0.15, 0.2) is 0 Å². The molecular formula is C46H87O9P. The van der Waals surface area contributed by atoms with Crippen LogP contribution in [0.25, 0.3) is 0 Å². The summed E-state index contributed by atoms with van der Waals surface area (Å²) in [5.74, 6) is -0.396. The largest absolute Gasteiger partial charge is 0.472 e. The van der Waals surface area contributed by atoms with E-state index in [2.05, 4.69) is 50.3 Å². The first-order chi connectivity index (χ1) is 27.3. The molecule has 0 amide bonds. The van der Waals surface area contributed by atoms with Gasteiger partial charge in [-0.1, -0.05) is 166 Å². The number of aliphatic hydroxyl groups excluding tert-OH is 2. The van der Waals surface area contributed by atoms with Crippen LogP contribution in [0.4, 0.5) is 0 Å². The number of allylic oxidation sites excluding steroid dienone is 6. The normalized spacial score (nSPS) is 14.3. The molecule has 0 bridgehead atoms. The van der Waals surface area contributed by atoms with Gasteiger partial charge in [-0.25, -0.2) is 4.57 Å². The molecule has 0 aliphatic rings. The molecule has 0 spiro atoms. The van der Waals surface area contributed by atoms with E-state index in [1.54, 1.807) is 0 Å². The molecule has 10 heteroatoms. The van der Waals surface area contributed by atoms with Crippen molar-refractivity contribution in [3.8, 4) is 0 Å². The molecular weight excluding hydrogens is 727 g/mol. The van der Waals surface area contributed by atoms with Crippen molar-refractivity contribution < 1.29 is 43.0 Å². The van der Waals surface area contributed by atoms with Gasteiger partial charge in [0.05, 0.1) is 26.4 Å². The number of phosphoric acid groups is 1. The molecule has 0 heterocycles. The second kappa shape index (κ2) is 43.3. The predicted octanol–water partition coefficient (Wildman–Crippen LogP) is 12.8. The Bertz CT molecular complexity index is 970. The number of hydrogen-bond acceptors (Lipinski definition) is 8. The number of hydrogen-bond donors (Lipinski definition) is 3. The maximum atomic E-state index is 12.6. The van der Waals surface area contributed by atoms with Crippen LogP contribution in [0.1, 0.15) is 206 Å². The van der Waals surface area contributed by atoms with E-state index in [1.165, 1.54) is 122 Å². The molecule has 0 aliphatic heterocycles. The Morgan fingerprint density at radius 2 is 0.964 bits per heavy atom. The quantitative estimate of drug-likeness (QED) is 0.0238. The third-order valence-corrected chi connectivity index (χ3v) is 10.7. The van der Waals surface area contributed by atoms with Gasteiger partial charge >= 0.3 is 13.8 Å². The van der Waals surface area contributed by atoms with E-state index in [4.69, 9.17) is 23.6 Å². The van der Waals surface area contributed by atoms with Gasteiger partial charge in [-0.3, -0.25) is 13.8 Å². The average molecular weight is 815 g/mol. The van der Waals surface area contributed by atoms with Gasteiger partial charge in [0, 0.05) is 13.0 Å². The van der Waals surface area contributed by atoms with Crippen LogP contribution in [0.2, 0.25) is 0 Å². The van der Waals surface area contributed by atoms with E-state index in [0.29, 0.717) is 13.0 Å². The molecule has 0 aromatic rings. The van der Waals surface area contributed by atoms with Crippen LogP contribution in [0.15, 0.2) is 36.5 Å². The third-order valence-electron chi connectivity index (χ3n) is 9.80. The number of rotatable bonds is 44. The minimum Gasteiger partial charge on any atom is -0.457 e. The lowest BCUT2D eigenvalue weighted by molar-refractivity contribution is -0.154. The Balaban J connectivity index is 4.16. The minimum absolute atomic E-state index is 0.0424. The summed E-state index contributed by atoms with van der Waals surface area (Å²) in [6.07, 6.45) is 46.7. The summed E-state index contributed by atoms with van der Waals surface area (Å²) in [4.78, 5) is 22.6. The van der Waals surface area contributed by atoms with Crippen molar-refractivity contribution in [3.63, 3.8) is 0 Å². The Morgan fingerprint density at radius 1 is 0.554 bits per heavy atom. The highest BCUT2D eigenvalue weighted by Crippen LogP contribution is 2.43. The fourth-order valence-corrected chi connectivity index (χ4v) is 7.05. The summed E-state index contributed by atoms with van der Waals surface area (Å²) >= 11 is 0. The van der Waals surface area contributed by atoms with Crippen molar-refractivity contribution in [1.29, 1.82) is 0 Å². The van der Waals surface area contributed by atoms with Gasteiger partial charge in [-0.05, 0) is 70.6 Å². The highest BCUT2D eigenvalue weighted by atomic mass is 31.2. The van der Waals surface area contributed by atoms with Crippen LogP contribution in [-0.4, -0.2) is 66.3 Å². The molecule has 3 unspecified atom stereocenters. The van der Waals surface area contributed by atoms with Crippen LogP contribution in [0.5, 0.6) is 0 Å². The number of carbonyl (C=O) groups is 1. The van der Waals surface area contributed by atoms with Gasteiger partial charge in [-0.15, -0.1) is 0 Å². The van der Waals surface area contributed by atoms with E-state index in [0.717, 1.165) is 57.8 Å². The zero-order valence-electron chi connectivity index (χ0n) is 36.1. The smallest absolute Gasteiger partial charge is 0.457 e. The molecule has 0 radical (unpaired) electrons. The monoisotopic (exact) mass is 815 g/mol. The van der Waals surface area contributed by atoms with Crippen molar-refractivity contribution in [1.82, 2.24) is 0 Å². The third kappa shape index (κ3) is 42.3. The van der Waals surface area contributed by atoms with Gasteiger partial charge in [-0.2, -0.15) is 0 Å². The van der Waals surface area contributed by atoms with E-state index >= 15 is 0 Å². The highest BCUT2D eigenvalue weighted by Gasteiger charge is 2.26. The summed E-state index contributed by atoms with van der Waals surface area (Å²) in [5, 5.41) is 18.4. The molecule has 3 atom stereocenters. The van der Waals surface area contributed by atoms with Crippen LogP contribution >= 0.6 is 7.82 Å². The summed E-state index contributed by atoms with van der Waals surface area (Å²) in [5.41, 5.74) is 0. The number of aliphatic hydroxyl groups is 2. The topological polar surface area (TPSA) is 132 Å². The van der Waals surface area contributed by atoms with E-state index in [9.17, 15) is 19.4 Å². The van der Waals surface area contributed by atoms with Crippen molar-refractivity contribution in [3.05, 3.63) is 36.5 Å². The molecule has 0 aromatic heterocycles. The average Bonchev–Trinajstić information content (AvgIpc) is 3.19. The SMILES string of the molecule is CCCCCC/C=C\C/C=C\CCCCCCCC(=O)OC(COCCCCCCCCCC/C=C\CCCCCCCCC)COP(=O)(O)OCC(O)CO. The summed E-state index contributed by atoms with van der Waals surface area (Å²) in [7, 11) is -4.52. The molecule has 330 valence electrons. The lowest BCUT2D eigenvalue weighted by atomic mass is 10.1. The molecule has 3 N–H and O–H groups in total. The maximum absolute atomic E-state index is 12.6. The van der Waals surface area contributed by atoms with Crippen LogP contribution in [0, 0.1) is 0 Å². The summed E-state index contributed by atoms with van der Waals surface area (Å²) in [6.45, 7) is 3.49. The van der Waals surface area contributed by atoms with Crippen LogP contribution in [0.3, 0.4) is 0 Å². The molecule has 0 fully saturated rings. The zero-order chi connectivity index (χ0) is 41.1. The first-order valence-corrected chi connectivity index (χ1v) is 24.5. The molecule has 0 aromatic carbocycles. The molecule has 0 saturated heterocycles. The van der Waals surface area contributed by atoms with E-state index in [-0.39, 0.29) is 19.6 Å². The fraction of sp³-hybridized carbons (Fsp3) is 0.848. The number of phosphoric ester groups is 1. The second-order valence-electron chi connectivity index (χ2n) is 15.4. The number of unbranched alkanes of at least 4 members (excludes halogenated alkanes) is 24. The van der Waals surface area contributed by atoms with Crippen molar-refractivity contribution >= 4 is 13.8 Å². The lowest BCUT2D eigenvalue weighted by Gasteiger charge is -2.20. The zero-order valence-corrected chi connectivity index (χ0v) is 37.0. The molecule has 56 heavy (non-hydrogen) atoms. The minimum atomic E-state index is -4.52. The van der Waals surface area contributed by atoms with E-state index in [1.807, 2.05) is 0 Å². The Labute approximate surface area is 344 Å². The van der Waals surface area contributed by atoms with Crippen molar-refractivity contribution in [2.24, 2.45) is 0 Å². The molecule has 0 saturated carbocycles. The number of ether oxygens (including phenoxy) is 2. The Kier molecular flexibility index (Phi) is 42.2. The Hall–Kier alpha value is -1.32. The second-order valence-corrected chi connectivity index (χ2v) is 16.9.